The fourth-order valence-corrected chi connectivity index (χ4v) is 1.91. The Bertz CT molecular complexity index is 779. The van der Waals surface area contributed by atoms with Gasteiger partial charge < -0.3 is 9.84 Å². The van der Waals surface area contributed by atoms with Crippen LogP contribution in [0.5, 0.6) is 0 Å². The number of aryl methyl sites for hydroxylation is 1. The van der Waals surface area contributed by atoms with Gasteiger partial charge in [0.1, 0.15) is 5.82 Å². The number of fused-ring (bicyclic) bond motifs is 1. The van der Waals surface area contributed by atoms with Crippen molar-refractivity contribution in [2.45, 2.75) is 19.8 Å². The molecule has 0 radical (unpaired) electrons. The van der Waals surface area contributed by atoms with E-state index >= 15 is 0 Å². The summed E-state index contributed by atoms with van der Waals surface area (Å²) in [6.07, 6.45) is 4.43. The van der Waals surface area contributed by atoms with Crippen molar-refractivity contribution in [1.29, 1.82) is 0 Å². The molecule has 0 spiro atoms. The van der Waals surface area contributed by atoms with Crippen molar-refractivity contribution in [2.24, 2.45) is 0 Å². The van der Waals surface area contributed by atoms with E-state index in [0.717, 1.165) is 6.42 Å². The summed E-state index contributed by atoms with van der Waals surface area (Å²) in [4.78, 5) is 20.2. The highest BCUT2D eigenvalue weighted by Crippen LogP contribution is 2.07. The van der Waals surface area contributed by atoms with Gasteiger partial charge in [-0.15, -0.1) is 0 Å². The smallest absolute Gasteiger partial charge is 0.320 e. The lowest BCUT2D eigenvalue weighted by molar-refractivity contribution is 0.251. The van der Waals surface area contributed by atoms with Gasteiger partial charge in [-0.3, -0.25) is 5.32 Å². The Morgan fingerprint density at radius 3 is 3.09 bits per heavy atom. The summed E-state index contributed by atoms with van der Waals surface area (Å²) in [5.74, 6) is 1.71. The number of amides is 2. The number of carbonyl (C=O) groups is 1. The van der Waals surface area contributed by atoms with Crippen molar-refractivity contribution in [2.75, 3.05) is 11.9 Å². The monoisotopic (exact) mass is 301 g/mol. The number of hydrogen-bond acceptors (Lipinski definition) is 6. The second-order valence-electron chi connectivity index (χ2n) is 4.52. The highest BCUT2D eigenvalue weighted by molar-refractivity contribution is 5.88. The minimum Gasteiger partial charge on any atom is -0.339 e. The highest BCUT2D eigenvalue weighted by Gasteiger charge is 2.08. The van der Waals surface area contributed by atoms with E-state index in [1.54, 1.807) is 29.0 Å². The van der Waals surface area contributed by atoms with E-state index in [4.69, 9.17) is 4.52 Å². The van der Waals surface area contributed by atoms with E-state index in [2.05, 4.69) is 30.9 Å². The quantitative estimate of drug-likeness (QED) is 0.728. The summed E-state index contributed by atoms with van der Waals surface area (Å²) in [7, 11) is 0. The van der Waals surface area contributed by atoms with Crippen LogP contribution in [0.25, 0.3) is 5.65 Å². The molecule has 0 aliphatic rings. The molecule has 9 nitrogen and oxygen atoms in total. The molecule has 3 rings (SSSR count). The van der Waals surface area contributed by atoms with Crippen molar-refractivity contribution in [3.63, 3.8) is 0 Å². The van der Waals surface area contributed by atoms with Crippen LogP contribution in [0.15, 0.2) is 29.0 Å². The zero-order valence-corrected chi connectivity index (χ0v) is 12.0. The third kappa shape index (κ3) is 3.03. The molecule has 3 heterocycles. The number of nitrogens with one attached hydrogen (secondary N) is 2. The lowest BCUT2D eigenvalue weighted by Crippen LogP contribution is -2.31. The number of anilines is 1. The topological polar surface area (TPSA) is 110 Å². The molecule has 0 aliphatic carbocycles. The molecule has 0 saturated heterocycles. The molecule has 2 N–H and O–H groups in total. The zero-order valence-electron chi connectivity index (χ0n) is 12.0. The number of aromatic nitrogens is 5. The third-order valence-corrected chi connectivity index (χ3v) is 2.98. The molecular formula is C13H15N7O2. The van der Waals surface area contributed by atoms with Crippen LogP contribution in [0.3, 0.4) is 0 Å². The molecule has 9 heteroatoms. The Hall–Kier alpha value is -2.97. The van der Waals surface area contributed by atoms with Crippen LogP contribution in [0.2, 0.25) is 0 Å². The Balaban J connectivity index is 1.53. The molecule has 2 amide bonds. The van der Waals surface area contributed by atoms with E-state index in [-0.39, 0.29) is 6.03 Å². The molecule has 0 aromatic carbocycles. The molecule has 3 aromatic rings. The predicted octanol–water partition coefficient (Wildman–Crippen LogP) is 1.04. The van der Waals surface area contributed by atoms with Crippen LogP contribution in [0.4, 0.5) is 10.6 Å². The maximum Gasteiger partial charge on any atom is 0.320 e. The van der Waals surface area contributed by atoms with Crippen molar-refractivity contribution < 1.29 is 9.32 Å². The number of nitrogens with zero attached hydrogens (tertiary/aromatic N) is 5. The van der Waals surface area contributed by atoms with E-state index < -0.39 is 0 Å². The normalized spacial score (nSPS) is 10.8. The maximum absolute atomic E-state index is 11.9. The van der Waals surface area contributed by atoms with E-state index in [1.165, 1.54) is 0 Å². The Morgan fingerprint density at radius 2 is 2.27 bits per heavy atom. The number of rotatable bonds is 5. The number of urea groups is 1. The molecule has 3 aromatic heterocycles. The first-order valence-corrected chi connectivity index (χ1v) is 6.91. The van der Waals surface area contributed by atoms with Crippen LogP contribution in [-0.4, -0.2) is 37.3 Å². The minimum absolute atomic E-state index is 0.335. The van der Waals surface area contributed by atoms with Crippen molar-refractivity contribution >= 4 is 17.5 Å². The average Bonchev–Trinajstić information content (AvgIpc) is 3.16. The fourth-order valence-electron chi connectivity index (χ4n) is 1.91. The van der Waals surface area contributed by atoms with Gasteiger partial charge in [-0.05, 0) is 6.07 Å². The van der Waals surface area contributed by atoms with Gasteiger partial charge in [0, 0.05) is 31.6 Å². The second-order valence-corrected chi connectivity index (χ2v) is 4.52. The lowest BCUT2D eigenvalue weighted by Gasteiger charge is -2.07. The summed E-state index contributed by atoms with van der Waals surface area (Å²) < 4.78 is 6.59. The molecule has 0 unspecified atom stereocenters. The summed E-state index contributed by atoms with van der Waals surface area (Å²) >= 11 is 0. The lowest BCUT2D eigenvalue weighted by atomic mass is 10.4. The van der Waals surface area contributed by atoms with Crippen LogP contribution >= 0.6 is 0 Å². The van der Waals surface area contributed by atoms with Crippen LogP contribution < -0.4 is 10.6 Å². The minimum atomic E-state index is -0.335. The predicted molar refractivity (Wildman–Crippen MR) is 77.4 cm³/mol. The van der Waals surface area contributed by atoms with Gasteiger partial charge in [0.2, 0.25) is 5.89 Å². The molecule has 0 saturated carbocycles. The second kappa shape index (κ2) is 6.20. The number of carbonyl (C=O) groups excluding carboxylic acids is 1. The summed E-state index contributed by atoms with van der Waals surface area (Å²) in [6.45, 7) is 2.34. The maximum atomic E-state index is 11.9. The van der Waals surface area contributed by atoms with Crippen molar-refractivity contribution in [3.05, 3.63) is 36.2 Å². The first kappa shape index (κ1) is 14.0. The third-order valence-electron chi connectivity index (χ3n) is 2.98. The Kier molecular flexibility index (Phi) is 3.95. The molecule has 0 aliphatic heterocycles. The van der Waals surface area contributed by atoms with E-state index in [1.807, 2.05) is 6.92 Å². The van der Waals surface area contributed by atoms with Gasteiger partial charge >= 0.3 is 6.03 Å². The molecule has 114 valence electrons. The first-order valence-electron chi connectivity index (χ1n) is 6.91. The summed E-state index contributed by atoms with van der Waals surface area (Å²) in [6, 6.07) is 3.09. The average molecular weight is 301 g/mol. The molecule has 0 bridgehead atoms. The standard InChI is InChI=1S/C13H15N7O2/c1-2-9-17-12(22-19-9)5-7-15-13(21)18-11-3-6-14-10-4-8-16-20(10)11/h3-4,6,8H,2,5,7H2,1H3,(H2,15,18,21). The molecule has 0 atom stereocenters. The largest absolute Gasteiger partial charge is 0.339 e. The SMILES string of the molecule is CCc1noc(CCNC(=O)Nc2ccnc3ccnn23)n1. The van der Waals surface area contributed by atoms with Gasteiger partial charge in [0.25, 0.3) is 0 Å². The van der Waals surface area contributed by atoms with Crippen molar-refractivity contribution in [3.8, 4) is 0 Å². The van der Waals surface area contributed by atoms with E-state index in [0.29, 0.717) is 36.1 Å². The summed E-state index contributed by atoms with van der Waals surface area (Å²) in [5.41, 5.74) is 0.663. The van der Waals surface area contributed by atoms with E-state index in [9.17, 15) is 4.79 Å². The Morgan fingerprint density at radius 1 is 1.36 bits per heavy atom. The van der Waals surface area contributed by atoms with Gasteiger partial charge in [0.05, 0.1) is 6.20 Å². The molecule has 22 heavy (non-hydrogen) atoms. The van der Waals surface area contributed by atoms with Crippen LogP contribution in [0.1, 0.15) is 18.6 Å². The van der Waals surface area contributed by atoms with Crippen LogP contribution in [-0.2, 0) is 12.8 Å². The number of hydrogen-bond donors (Lipinski definition) is 2. The Labute approximate surface area is 125 Å². The molecular weight excluding hydrogens is 286 g/mol. The van der Waals surface area contributed by atoms with Gasteiger partial charge in [0.15, 0.2) is 11.5 Å². The van der Waals surface area contributed by atoms with Crippen LogP contribution in [0, 0.1) is 0 Å². The first-order chi connectivity index (χ1) is 10.8. The fraction of sp³-hybridized carbons (Fsp3) is 0.308. The highest BCUT2D eigenvalue weighted by atomic mass is 16.5. The van der Waals surface area contributed by atoms with Gasteiger partial charge in [-0.2, -0.15) is 14.6 Å². The molecule has 0 fully saturated rings. The van der Waals surface area contributed by atoms with Crippen molar-refractivity contribution in [1.82, 2.24) is 30.1 Å². The van der Waals surface area contributed by atoms with Gasteiger partial charge in [-0.1, -0.05) is 12.1 Å². The summed E-state index contributed by atoms with van der Waals surface area (Å²) in [5, 5.41) is 13.3. The zero-order chi connectivity index (χ0) is 15.4. The van der Waals surface area contributed by atoms with Gasteiger partial charge in [-0.25, -0.2) is 9.78 Å².